The van der Waals surface area contributed by atoms with Crippen LogP contribution in [0.4, 0.5) is 24.5 Å². The number of anilines is 2. The molecule has 1 aromatic rings. The van der Waals surface area contributed by atoms with Crippen molar-refractivity contribution in [2.45, 2.75) is 32.5 Å². The van der Waals surface area contributed by atoms with Crippen LogP contribution in [0.25, 0.3) is 0 Å². The SMILES string of the molecule is CC(C)N1CC(C(=O)OCC(=O)Nc2cc(C(F)(F)F)ccc2N2CCOCC2)CC1=O. The van der Waals surface area contributed by atoms with Gasteiger partial charge in [-0.25, -0.2) is 0 Å². The standard InChI is InChI=1S/C21H26F3N3O5/c1-13(2)27-11-14(9-19(27)29)20(30)32-12-18(28)25-16-10-15(21(22,23)24)3-4-17(16)26-5-7-31-8-6-26/h3-4,10,13-14H,5-9,11-12H2,1-2H3,(H,25,28). The Bertz CT molecular complexity index is 869. The Kier molecular flexibility index (Phi) is 7.27. The number of esters is 1. The molecule has 0 aliphatic carbocycles. The summed E-state index contributed by atoms with van der Waals surface area (Å²) in [6, 6.07) is 3.07. The predicted molar refractivity (Wildman–Crippen MR) is 109 cm³/mol. The van der Waals surface area contributed by atoms with Crippen molar-refractivity contribution in [1.29, 1.82) is 0 Å². The number of likely N-dealkylation sites (tertiary alicyclic amines) is 1. The molecule has 0 aromatic heterocycles. The van der Waals surface area contributed by atoms with Crippen LogP contribution in [0.3, 0.4) is 0 Å². The predicted octanol–water partition coefficient (Wildman–Crippen LogP) is 2.28. The maximum atomic E-state index is 13.2. The second-order valence-corrected chi connectivity index (χ2v) is 8.03. The van der Waals surface area contributed by atoms with Gasteiger partial charge in [-0.2, -0.15) is 13.2 Å². The number of carbonyl (C=O) groups excluding carboxylic acids is 3. The van der Waals surface area contributed by atoms with E-state index in [4.69, 9.17) is 9.47 Å². The van der Waals surface area contributed by atoms with Crippen LogP contribution >= 0.6 is 0 Å². The number of morpholine rings is 1. The molecule has 11 heteroatoms. The maximum absolute atomic E-state index is 13.2. The number of hydrogen-bond donors (Lipinski definition) is 1. The molecule has 2 aliphatic rings. The summed E-state index contributed by atoms with van der Waals surface area (Å²) in [5.74, 6) is -2.29. The number of nitrogens with one attached hydrogen (secondary N) is 1. The third kappa shape index (κ3) is 5.70. The Morgan fingerprint density at radius 3 is 2.53 bits per heavy atom. The van der Waals surface area contributed by atoms with E-state index in [0.717, 1.165) is 12.1 Å². The van der Waals surface area contributed by atoms with E-state index in [1.807, 2.05) is 18.7 Å². The van der Waals surface area contributed by atoms with Gasteiger partial charge in [0.1, 0.15) is 0 Å². The van der Waals surface area contributed by atoms with Crippen molar-refractivity contribution in [2.24, 2.45) is 5.92 Å². The van der Waals surface area contributed by atoms with Gasteiger partial charge >= 0.3 is 12.1 Å². The second kappa shape index (κ2) is 9.76. The molecule has 32 heavy (non-hydrogen) atoms. The van der Waals surface area contributed by atoms with E-state index in [-0.39, 0.29) is 30.6 Å². The quantitative estimate of drug-likeness (QED) is 0.660. The van der Waals surface area contributed by atoms with E-state index in [2.05, 4.69) is 5.32 Å². The third-order valence-corrected chi connectivity index (χ3v) is 5.41. The first-order chi connectivity index (χ1) is 15.1. The number of ether oxygens (including phenoxy) is 2. The summed E-state index contributed by atoms with van der Waals surface area (Å²) in [5.41, 5.74) is -0.500. The van der Waals surface area contributed by atoms with E-state index < -0.39 is 36.1 Å². The molecule has 1 N–H and O–H groups in total. The van der Waals surface area contributed by atoms with Gasteiger partial charge in [0, 0.05) is 32.1 Å². The summed E-state index contributed by atoms with van der Waals surface area (Å²) >= 11 is 0. The van der Waals surface area contributed by atoms with E-state index >= 15 is 0 Å². The zero-order chi connectivity index (χ0) is 23.5. The van der Waals surface area contributed by atoms with Crippen molar-refractivity contribution >= 4 is 29.2 Å². The lowest BCUT2D eigenvalue weighted by molar-refractivity contribution is -0.151. The van der Waals surface area contributed by atoms with Gasteiger partial charge in [-0.3, -0.25) is 14.4 Å². The van der Waals surface area contributed by atoms with Gasteiger partial charge in [-0.15, -0.1) is 0 Å². The van der Waals surface area contributed by atoms with Crippen LogP contribution in [0.1, 0.15) is 25.8 Å². The fourth-order valence-corrected chi connectivity index (χ4v) is 3.72. The molecule has 8 nitrogen and oxygen atoms in total. The molecular weight excluding hydrogens is 431 g/mol. The first kappa shape index (κ1) is 23.8. The van der Waals surface area contributed by atoms with Crippen molar-refractivity contribution in [3.8, 4) is 0 Å². The van der Waals surface area contributed by atoms with Crippen LogP contribution in [0.15, 0.2) is 18.2 Å². The highest BCUT2D eigenvalue weighted by Crippen LogP contribution is 2.35. The highest BCUT2D eigenvalue weighted by molar-refractivity contribution is 5.96. The number of amides is 2. The van der Waals surface area contributed by atoms with Crippen LogP contribution in [0.5, 0.6) is 0 Å². The molecule has 3 rings (SSSR count). The van der Waals surface area contributed by atoms with Crippen LogP contribution in [-0.2, 0) is 30.0 Å². The lowest BCUT2D eigenvalue weighted by Crippen LogP contribution is -2.37. The summed E-state index contributed by atoms with van der Waals surface area (Å²) in [7, 11) is 0. The maximum Gasteiger partial charge on any atom is 0.416 e. The fraction of sp³-hybridized carbons (Fsp3) is 0.571. The minimum absolute atomic E-state index is 0.00738. The van der Waals surface area contributed by atoms with Crippen LogP contribution in [0, 0.1) is 5.92 Å². The number of nitrogens with zero attached hydrogens (tertiary/aromatic N) is 2. The van der Waals surface area contributed by atoms with Crippen molar-refractivity contribution in [1.82, 2.24) is 4.90 Å². The van der Waals surface area contributed by atoms with Crippen molar-refractivity contribution in [3.63, 3.8) is 0 Å². The van der Waals surface area contributed by atoms with Crippen molar-refractivity contribution in [2.75, 3.05) is 49.7 Å². The molecule has 1 unspecified atom stereocenters. The highest BCUT2D eigenvalue weighted by atomic mass is 19.4. The first-order valence-electron chi connectivity index (χ1n) is 10.4. The molecule has 2 saturated heterocycles. The van der Waals surface area contributed by atoms with Gasteiger partial charge in [0.25, 0.3) is 5.91 Å². The zero-order valence-corrected chi connectivity index (χ0v) is 17.9. The molecule has 0 spiro atoms. The number of hydrogen-bond acceptors (Lipinski definition) is 6. The molecule has 1 aromatic carbocycles. The van der Waals surface area contributed by atoms with E-state index in [1.165, 1.54) is 6.07 Å². The summed E-state index contributed by atoms with van der Waals surface area (Å²) in [4.78, 5) is 40.0. The lowest BCUT2D eigenvalue weighted by atomic mass is 10.1. The Morgan fingerprint density at radius 2 is 1.94 bits per heavy atom. The number of carbonyl (C=O) groups is 3. The summed E-state index contributed by atoms with van der Waals surface area (Å²) in [6.07, 6.45) is -4.57. The number of benzene rings is 1. The van der Waals surface area contributed by atoms with Gasteiger partial charge in [0.15, 0.2) is 6.61 Å². The van der Waals surface area contributed by atoms with Crippen LogP contribution in [-0.4, -0.2) is 68.2 Å². The topological polar surface area (TPSA) is 88.2 Å². The molecule has 176 valence electrons. The smallest absolute Gasteiger partial charge is 0.416 e. The van der Waals surface area contributed by atoms with Crippen molar-refractivity contribution in [3.05, 3.63) is 23.8 Å². The monoisotopic (exact) mass is 457 g/mol. The summed E-state index contributed by atoms with van der Waals surface area (Å²) in [5, 5.41) is 2.43. The highest BCUT2D eigenvalue weighted by Gasteiger charge is 2.37. The Hall–Kier alpha value is -2.82. The molecule has 0 radical (unpaired) electrons. The first-order valence-corrected chi connectivity index (χ1v) is 10.4. The second-order valence-electron chi connectivity index (χ2n) is 8.03. The van der Waals surface area contributed by atoms with E-state index in [1.54, 1.807) is 4.90 Å². The molecule has 1 atom stereocenters. The molecule has 0 saturated carbocycles. The number of halogens is 3. The number of rotatable bonds is 6. The number of alkyl halides is 3. The molecule has 2 fully saturated rings. The molecule has 0 bridgehead atoms. The largest absolute Gasteiger partial charge is 0.455 e. The Labute approximate surface area is 183 Å². The third-order valence-electron chi connectivity index (χ3n) is 5.41. The van der Waals surface area contributed by atoms with Gasteiger partial charge in [0.2, 0.25) is 5.91 Å². The molecular formula is C21H26F3N3O5. The Balaban J connectivity index is 1.65. The fourth-order valence-electron chi connectivity index (χ4n) is 3.72. The zero-order valence-electron chi connectivity index (χ0n) is 17.9. The molecule has 2 heterocycles. The van der Waals surface area contributed by atoms with E-state index in [9.17, 15) is 27.6 Å². The van der Waals surface area contributed by atoms with Gasteiger partial charge in [-0.1, -0.05) is 0 Å². The molecule has 2 amide bonds. The van der Waals surface area contributed by atoms with Gasteiger partial charge in [-0.05, 0) is 32.0 Å². The van der Waals surface area contributed by atoms with Crippen LogP contribution in [0.2, 0.25) is 0 Å². The minimum Gasteiger partial charge on any atom is -0.455 e. The van der Waals surface area contributed by atoms with Gasteiger partial charge in [0.05, 0.1) is 36.1 Å². The minimum atomic E-state index is -4.58. The Morgan fingerprint density at radius 1 is 1.25 bits per heavy atom. The van der Waals surface area contributed by atoms with Crippen molar-refractivity contribution < 1.29 is 37.0 Å². The average Bonchev–Trinajstić information content (AvgIpc) is 3.14. The van der Waals surface area contributed by atoms with E-state index in [0.29, 0.717) is 32.0 Å². The average molecular weight is 457 g/mol. The van der Waals surface area contributed by atoms with Gasteiger partial charge < -0.3 is 24.6 Å². The normalized spacial score (nSPS) is 19.4. The summed E-state index contributed by atoms with van der Waals surface area (Å²) in [6.45, 7) is 4.98. The molecule has 2 aliphatic heterocycles. The van der Waals surface area contributed by atoms with Crippen LogP contribution < -0.4 is 10.2 Å². The summed E-state index contributed by atoms with van der Waals surface area (Å²) < 4.78 is 49.8. The lowest BCUT2D eigenvalue weighted by Gasteiger charge is -2.31.